The van der Waals surface area contributed by atoms with Gasteiger partial charge in [-0.05, 0) is 70.7 Å². The Bertz CT molecular complexity index is 877. The first kappa shape index (κ1) is 23.1. The van der Waals surface area contributed by atoms with Gasteiger partial charge in [0.15, 0.2) is 0 Å². The normalized spacial score (nSPS) is 17.1. The monoisotopic (exact) mass is 437 g/mol. The van der Waals surface area contributed by atoms with E-state index >= 15 is 0 Å². The number of hydrogen-bond donors (Lipinski definition) is 2. The van der Waals surface area contributed by atoms with E-state index in [9.17, 15) is 0 Å². The van der Waals surface area contributed by atoms with Crippen LogP contribution >= 0.6 is 23.4 Å². The van der Waals surface area contributed by atoms with Crippen LogP contribution in [0.1, 0.15) is 25.3 Å². The lowest BCUT2D eigenvalue weighted by molar-refractivity contribution is -0.159. The highest BCUT2D eigenvalue weighted by Gasteiger charge is 2.34. The Kier molecular flexibility index (Phi) is 7.96. The standard InChI is InChI=1S/C19H22ClNOS.C2H2O4/c1-19(11-6-12-21(2)3)15-13-14(20)9-10-17(15)23-18-8-5-4-7-16(18)22-19;3-1(4)2(5)6/h4-5,7-10,13H,6,11-12H2,1-3H3;(H,3,4)(H,5,6). The predicted molar refractivity (Wildman–Crippen MR) is 113 cm³/mol. The highest BCUT2D eigenvalue weighted by atomic mass is 35.5. The summed E-state index contributed by atoms with van der Waals surface area (Å²) in [5, 5.41) is 15.5. The number of halogens is 1. The second-order valence-electron chi connectivity index (χ2n) is 7.04. The van der Waals surface area contributed by atoms with E-state index in [0.29, 0.717) is 0 Å². The number of nitrogens with zero attached hydrogens (tertiary/aromatic N) is 1. The summed E-state index contributed by atoms with van der Waals surface area (Å²) < 4.78 is 6.51. The number of carboxylic acid groups (broad SMARTS) is 2. The number of para-hydroxylation sites is 1. The minimum absolute atomic E-state index is 0.365. The van der Waals surface area contributed by atoms with E-state index < -0.39 is 11.9 Å². The van der Waals surface area contributed by atoms with Crippen LogP contribution < -0.4 is 4.74 Å². The van der Waals surface area contributed by atoms with Gasteiger partial charge in [0.25, 0.3) is 0 Å². The first-order valence-electron chi connectivity index (χ1n) is 8.99. The molecule has 8 heteroatoms. The summed E-state index contributed by atoms with van der Waals surface area (Å²) in [5.74, 6) is -2.69. The summed E-state index contributed by atoms with van der Waals surface area (Å²) in [5.41, 5.74) is 0.820. The molecule has 1 aliphatic rings. The average molecular weight is 438 g/mol. The van der Waals surface area contributed by atoms with Gasteiger partial charge in [-0.25, -0.2) is 9.59 Å². The molecule has 0 spiro atoms. The summed E-state index contributed by atoms with van der Waals surface area (Å²) in [7, 11) is 4.21. The van der Waals surface area contributed by atoms with Crippen molar-refractivity contribution in [1.29, 1.82) is 0 Å². The third-order valence-electron chi connectivity index (χ3n) is 4.36. The Labute approximate surface area is 179 Å². The third kappa shape index (κ3) is 6.39. The van der Waals surface area contributed by atoms with Crippen LogP contribution in [0, 0.1) is 0 Å². The summed E-state index contributed by atoms with van der Waals surface area (Å²) in [4.78, 5) is 22.8. The fraction of sp³-hybridized carbons (Fsp3) is 0.333. The molecule has 0 saturated carbocycles. The number of rotatable bonds is 4. The maximum Gasteiger partial charge on any atom is 0.414 e. The van der Waals surface area contributed by atoms with E-state index in [1.165, 1.54) is 10.5 Å². The average Bonchev–Trinajstić information content (AvgIpc) is 2.76. The summed E-state index contributed by atoms with van der Waals surface area (Å²) in [6.45, 7) is 3.23. The molecule has 1 aliphatic heterocycles. The van der Waals surface area contributed by atoms with E-state index in [1.54, 1.807) is 11.8 Å². The zero-order chi connectivity index (χ0) is 21.6. The lowest BCUT2D eigenvalue weighted by Gasteiger charge is -2.31. The molecule has 0 amide bonds. The number of carbonyl (C=O) groups is 2. The first-order valence-corrected chi connectivity index (χ1v) is 10.2. The van der Waals surface area contributed by atoms with E-state index in [4.69, 9.17) is 36.1 Å². The van der Waals surface area contributed by atoms with Crippen LogP contribution in [0.2, 0.25) is 5.02 Å². The Balaban J connectivity index is 0.000000438. The molecule has 3 rings (SSSR count). The second-order valence-corrected chi connectivity index (χ2v) is 8.56. The van der Waals surface area contributed by atoms with Crippen LogP contribution in [0.15, 0.2) is 52.3 Å². The molecule has 29 heavy (non-hydrogen) atoms. The number of fused-ring (bicyclic) bond motifs is 2. The SMILES string of the molecule is CN(C)CCCC1(C)Oc2ccccc2Sc2ccc(Cl)cc21.O=C(O)C(=O)O. The van der Waals surface area contributed by atoms with Crippen molar-refractivity contribution in [2.45, 2.75) is 35.2 Å². The number of carboxylic acids is 2. The topological polar surface area (TPSA) is 87.1 Å². The molecule has 0 radical (unpaired) electrons. The number of benzene rings is 2. The zero-order valence-electron chi connectivity index (χ0n) is 16.5. The van der Waals surface area contributed by atoms with Gasteiger partial charge in [-0.3, -0.25) is 0 Å². The van der Waals surface area contributed by atoms with E-state index in [0.717, 1.165) is 35.1 Å². The van der Waals surface area contributed by atoms with Crippen molar-refractivity contribution in [3.8, 4) is 5.75 Å². The molecule has 156 valence electrons. The fourth-order valence-electron chi connectivity index (χ4n) is 2.96. The van der Waals surface area contributed by atoms with Crippen molar-refractivity contribution in [2.75, 3.05) is 20.6 Å². The molecule has 0 saturated heterocycles. The van der Waals surface area contributed by atoms with E-state index in [2.05, 4.69) is 56.3 Å². The molecule has 2 aromatic rings. The maximum atomic E-state index is 9.10. The molecule has 0 bridgehead atoms. The van der Waals surface area contributed by atoms with Gasteiger partial charge in [0.2, 0.25) is 0 Å². The fourth-order valence-corrected chi connectivity index (χ4v) is 4.24. The van der Waals surface area contributed by atoms with Gasteiger partial charge in [-0.2, -0.15) is 0 Å². The van der Waals surface area contributed by atoms with Crippen molar-refractivity contribution in [3.63, 3.8) is 0 Å². The number of aliphatic carboxylic acids is 2. The molecular weight excluding hydrogens is 414 g/mol. The number of ether oxygens (including phenoxy) is 1. The van der Waals surface area contributed by atoms with Crippen LogP contribution in [0.5, 0.6) is 5.75 Å². The van der Waals surface area contributed by atoms with Crippen LogP contribution in [-0.4, -0.2) is 47.7 Å². The highest BCUT2D eigenvalue weighted by Crippen LogP contribution is 2.48. The minimum atomic E-state index is -1.82. The van der Waals surface area contributed by atoms with Crippen LogP contribution in [0.25, 0.3) is 0 Å². The predicted octanol–water partition coefficient (Wildman–Crippen LogP) is 4.60. The van der Waals surface area contributed by atoms with Gasteiger partial charge in [0.05, 0.1) is 4.90 Å². The van der Waals surface area contributed by atoms with Crippen molar-refractivity contribution < 1.29 is 24.5 Å². The molecule has 1 heterocycles. The molecule has 1 unspecified atom stereocenters. The van der Waals surface area contributed by atoms with Gasteiger partial charge in [0.1, 0.15) is 11.4 Å². The molecule has 2 N–H and O–H groups in total. The second kappa shape index (κ2) is 10.0. The van der Waals surface area contributed by atoms with Gasteiger partial charge in [0, 0.05) is 15.5 Å². The van der Waals surface area contributed by atoms with Crippen LogP contribution in [0.4, 0.5) is 0 Å². The Morgan fingerprint density at radius 1 is 1.10 bits per heavy atom. The molecule has 0 fully saturated rings. The largest absolute Gasteiger partial charge is 0.482 e. The zero-order valence-corrected chi connectivity index (χ0v) is 18.1. The van der Waals surface area contributed by atoms with Gasteiger partial charge in [-0.1, -0.05) is 35.5 Å². The van der Waals surface area contributed by atoms with Crippen molar-refractivity contribution >= 4 is 35.3 Å². The Hall–Kier alpha value is -2.22. The molecule has 0 aliphatic carbocycles. The Morgan fingerprint density at radius 3 is 2.38 bits per heavy atom. The van der Waals surface area contributed by atoms with Crippen LogP contribution in [-0.2, 0) is 15.2 Å². The lowest BCUT2D eigenvalue weighted by Crippen LogP contribution is -2.31. The lowest BCUT2D eigenvalue weighted by atomic mass is 9.90. The Morgan fingerprint density at radius 2 is 1.76 bits per heavy atom. The smallest absolute Gasteiger partial charge is 0.414 e. The van der Waals surface area contributed by atoms with Gasteiger partial charge >= 0.3 is 11.9 Å². The maximum absolute atomic E-state index is 9.10. The first-order chi connectivity index (χ1) is 13.6. The minimum Gasteiger partial charge on any atom is -0.482 e. The number of hydrogen-bond acceptors (Lipinski definition) is 5. The van der Waals surface area contributed by atoms with Crippen molar-refractivity contribution in [1.82, 2.24) is 4.90 Å². The van der Waals surface area contributed by atoms with Crippen molar-refractivity contribution in [2.24, 2.45) is 0 Å². The summed E-state index contributed by atoms with van der Waals surface area (Å²) in [6.07, 6.45) is 2.02. The highest BCUT2D eigenvalue weighted by molar-refractivity contribution is 7.99. The summed E-state index contributed by atoms with van der Waals surface area (Å²) >= 11 is 8.04. The third-order valence-corrected chi connectivity index (χ3v) is 5.73. The molecule has 1 atom stereocenters. The summed E-state index contributed by atoms with van der Waals surface area (Å²) in [6, 6.07) is 14.4. The van der Waals surface area contributed by atoms with Crippen molar-refractivity contribution in [3.05, 3.63) is 53.1 Å². The van der Waals surface area contributed by atoms with Gasteiger partial charge < -0.3 is 19.8 Å². The molecule has 6 nitrogen and oxygen atoms in total. The molecule has 0 aromatic heterocycles. The quantitative estimate of drug-likeness (QED) is 0.676. The van der Waals surface area contributed by atoms with Gasteiger partial charge in [-0.15, -0.1) is 0 Å². The van der Waals surface area contributed by atoms with Crippen LogP contribution in [0.3, 0.4) is 0 Å². The molecular formula is C21H24ClNO5S. The van der Waals surface area contributed by atoms with E-state index in [1.807, 2.05) is 12.1 Å². The molecule has 2 aromatic carbocycles. The van der Waals surface area contributed by atoms with E-state index in [-0.39, 0.29) is 5.60 Å².